The first-order chi connectivity index (χ1) is 16.6. The molecule has 1 heterocycles. The van der Waals surface area contributed by atoms with Crippen LogP contribution in [-0.4, -0.2) is 44.7 Å². The Kier molecular flexibility index (Phi) is 8.82. The van der Waals surface area contributed by atoms with Crippen molar-refractivity contribution in [3.8, 4) is 0 Å². The number of carbonyl (C=O) groups is 2. The van der Waals surface area contributed by atoms with Gasteiger partial charge in [0.25, 0.3) is 0 Å². The molecule has 0 radical (unpaired) electrons. The maximum absolute atomic E-state index is 12.6. The number of aromatic amines is 1. The number of benzene rings is 2. The maximum atomic E-state index is 12.6. The molecule has 3 atom stereocenters. The summed E-state index contributed by atoms with van der Waals surface area (Å²) in [5.74, 6) is 0.337. The van der Waals surface area contributed by atoms with Gasteiger partial charge in [0.1, 0.15) is 17.1 Å². The summed E-state index contributed by atoms with van der Waals surface area (Å²) < 4.78 is 5.45. The average Bonchev–Trinajstić information content (AvgIpc) is 3.29. The molecule has 186 valence electrons. The summed E-state index contributed by atoms with van der Waals surface area (Å²) in [4.78, 5) is 32.0. The Morgan fingerprint density at radius 2 is 1.57 bits per heavy atom. The van der Waals surface area contributed by atoms with Crippen molar-refractivity contribution in [2.45, 2.75) is 70.6 Å². The molecule has 0 bridgehead atoms. The van der Waals surface area contributed by atoms with Gasteiger partial charge in [-0.3, -0.25) is 4.79 Å². The largest absolute Gasteiger partial charge is 0.444 e. The third kappa shape index (κ3) is 8.37. The van der Waals surface area contributed by atoms with Crippen molar-refractivity contribution >= 4 is 11.9 Å². The van der Waals surface area contributed by atoms with E-state index in [-0.39, 0.29) is 11.7 Å². The minimum absolute atomic E-state index is 0.101. The second kappa shape index (κ2) is 11.8. The first-order valence-electron chi connectivity index (χ1n) is 11.9. The van der Waals surface area contributed by atoms with Gasteiger partial charge in [-0.1, -0.05) is 60.7 Å². The highest BCUT2D eigenvalue weighted by atomic mass is 16.6. The highest BCUT2D eigenvalue weighted by Crippen LogP contribution is 2.26. The van der Waals surface area contributed by atoms with Crippen molar-refractivity contribution in [1.82, 2.24) is 15.3 Å². The van der Waals surface area contributed by atoms with Gasteiger partial charge in [0.05, 0.1) is 18.3 Å². The molecule has 0 saturated heterocycles. The van der Waals surface area contributed by atoms with Crippen LogP contribution in [0.4, 0.5) is 4.79 Å². The Labute approximate surface area is 206 Å². The van der Waals surface area contributed by atoms with Gasteiger partial charge in [-0.25, -0.2) is 9.78 Å². The Bertz CT molecular complexity index is 1090. The minimum atomic E-state index is -0.887. The number of H-pyrrole nitrogens is 1. The lowest BCUT2D eigenvalue weighted by Crippen LogP contribution is -2.47. The molecule has 0 unspecified atom stereocenters. The quantitative estimate of drug-likeness (QED) is 0.363. The van der Waals surface area contributed by atoms with Crippen molar-refractivity contribution in [1.29, 1.82) is 0 Å². The average molecular weight is 478 g/mol. The van der Waals surface area contributed by atoms with E-state index in [9.17, 15) is 14.7 Å². The van der Waals surface area contributed by atoms with Gasteiger partial charge >= 0.3 is 6.09 Å². The van der Waals surface area contributed by atoms with E-state index in [0.717, 1.165) is 11.1 Å². The number of hydrogen-bond donors (Lipinski definition) is 3. The predicted molar refractivity (Wildman–Crippen MR) is 135 cm³/mol. The molecule has 3 aromatic rings. The van der Waals surface area contributed by atoms with Crippen LogP contribution < -0.4 is 5.32 Å². The number of rotatable bonds is 10. The molecule has 0 aliphatic rings. The molecular formula is C28H35N3O4. The Morgan fingerprint density at radius 3 is 2.09 bits per heavy atom. The van der Waals surface area contributed by atoms with Gasteiger partial charge in [0, 0.05) is 12.8 Å². The molecule has 1 aromatic heterocycles. The van der Waals surface area contributed by atoms with Crippen LogP contribution in [0.25, 0.3) is 0 Å². The smallest absolute Gasteiger partial charge is 0.407 e. The van der Waals surface area contributed by atoms with E-state index in [1.54, 1.807) is 20.8 Å². The number of Topliss-reactive ketones (excluding diaryl/α,β-unsaturated/α-hetero) is 1. The second-order valence-corrected chi connectivity index (χ2v) is 9.87. The molecule has 2 aromatic carbocycles. The normalized spacial score (nSPS) is 14.1. The SMILES string of the molecule is CC(=O)c1cnc([C@H](Cc2ccccc2)C[C@H](O)[C@H](Cc2ccccc2)NC(=O)OC(C)(C)C)[nH]1. The Morgan fingerprint density at radius 1 is 1.00 bits per heavy atom. The zero-order valence-electron chi connectivity index (χ0n) is 20.8. The number of imidazole rings is 1. The number of hydrogen-bond acceptors (Lipinski definition) is 5. The molecule has 0 fully saturated rings. The summed E-state index contributed by atoms with van der Waals surface area (Å²) in [7, 11) is 0. The highest BCUT2D eigenvalue weighted by molar-refractivity contribution is 5.91. The van der Waals surface area contributed by atoms with Crippen molar-refractivity contribution in [3.05, 3.63) is 89.5 Å². The van der Waals surface area contributed by atoms with Crippen molar-refractivity contribution < 1.29 is 19.4 Å². The van der Waals surface area contributed by atoms with Crippen LogP contribution in [0, 0.1) is 0 Å². The fraction of sp³-hybridized carbons (Fsp3) is 0.393. The summed E-state index contributed by atoms with van der Waals surface area (Å²) in [5.41, 5.74) is 1.86. The van der Waals surface area contributed by atoms with Gasteiger partial charge in [-0.15, -0.1) is 0 Å². The van der Waals surface area contributed by atoms with Gasteiger partial charge in [0.2, 0.25) is 0 Å². The second-order valence-electron chi connectivity index (χ2n) is 9.87. The van der Waals surface area contributed by atoms with Gasteiger partial charge in [-0.05, 0) is 51.2 Å². The molecule has 3 rings (SSSR count). The number of alkyl carbamates (subject to hydrolysis) is 1. The van der Waals surface area contributed by atoms with E-state index in [1.165, 1.54) is 13.1 Å². The summed E-state index contributed by atoms with van der Waals surface area (Å²) in [6.45, 7) is 6.89. The number of ether oxygens (including phenoxy) is 1. The maximum Gasteiger partial charge on any atom is 0.407 e. The highest BCUT2D eigenvalue weighted by Gasteiger charge is 2.29. The zero-order valence-corrected chi connectivity index (χ0v) is 20.8. The Hall–Kier alpha value is -3.45. The monoisotopic (exact) mass is 477 g/mol. The van der Waals surface area contributed by atoms with Crippen LogP contribution >= 0.6 is 0 Å². The van der Waals surface area contributed by atoms with Gasteiger partial charge in [-0.2, -0.15) is 0 Å². The van der Waals surface area contributed by atoms with E-state index < -0.39 is 23.8 Å². The molecule has 0 spiro atoms. The molecule has 7 nitrogen and oxygen atoms in total. The molecule has 0 aliphatic heterocycles. The summed E-state index contributed by atoms with van der Waals surface area (Å²) in [5, 5.41) is 14.2. The van der Waals surface area contributed by atoms with Crippen molar-refractivity contribution in [3.63, 3.8) is 0 Å². The molecule has 0 saturated carbocycles. The number of aromatic nitrogens is 2. The summed E-state index contributed by atoms with van der Waals surface area (Å²) in [6.07, 6.45) is 1.45. The zero-order chi connectivity index (χ0) is 25.4. The van der Waals surface area contributed by atoms with Crippen LogP contribution in [0.5, 0.6) is 0 Å². The fourth-order valence-electron chi connectivity index (χ4n) is 3.98. The first kappa shape index (κ1) is 26.2. The molecular weight excluding hydrogens is 442 g/mol. The predicted octanol–water partition coefficient (Wildman–Crippen LogP) is 4.83. The van der Waals surface area contributed by atoms with Crippen LogP contribution in [-0.2, 0) is 17.6 Å². The van der Waals surface area contributed by atoms with Crippen molar-refractivity contribution in [2.75, 3.05) is 0 Å². The molecule has 3 N–H and O–H groups in total. The number of nitrogens with one attached hydrogen (secondary N) is 2. The van der Waals surface area contributed by atoms with E-state index in [1.807, 2.05) is 60.7 Å². The van der Waals surface area contributed by atoms with E-state index >= 15 is 0 Å². The molecule has 7 heteroatoms. The third-order valence-electron chi connectivity index (χ3n) is 5.68. The van der Waals surface area contributed by atoms with Crippen LogP contribution in [0.3, 0.4) is 0 Å². The van der Waals surface area contributed by atoms with Gasteiger partial charge in [0.15, 0.2) is 5.78 Å². The lowest BCUT2D eigenvalue weighted by atomic mass is 9.89. The number of ketones is 1. The number of amides is 1. The van der Waals surface area contributed by atoms with Crippen LogP contribution in [0.1, 0.15) is 67.5 Å². The first-order valence-corrected chi connectivity index (χ1v) is 11.9. The van der Waals surface area contributed by atoms with Gasteiger partial charge < -0.3 is 20.1 Å². The summed E-state index contributed by atoms with van der Waals surface area (Å²) >= 11 is 0. The number of nitrogens with zero attached hydrogens (tertiary/aromatic N) is 1. The fourth-order valence-corrected chi connectivity index (χ4v) is 3.98. The topological polar surface area (TPSA) is 104 Å². The standard InChI is InChI=1S/C28H35N3O4/c1-19(32)24-18-29-26(30-24)22(15-20-11-7-5-8-12-20)17-25(33)23(16-21-13-9-6-10-14-21)31-27(34)35-28(2,3)4/h5-14,18,22-23,25,33H,15-17H2,1-4H3,(H,29,30)(H,31,34)/t22-,23+,25+/m1/s1. The molecule has 35 heavy (non-hydrogen) atoms. The third-order valence-corrected chi connectivity index (χ3v) is 5.68. The number of aliphatic hydroxyl groups is 1. The van der Waals surface area contributed by atoms with E-state index in [4.69, 9.17) is 4.74 Å². The lowest BCUT2D eigenvalue weighted by Gasteiger charge is -2.29. The van der Waals surface area contributed by atoms with E-state index in [0.29, 0.717) is 30.8 Å². The van der Waals surface area contributed by atoms with E-state index in [2.05, 4.69) is 15.3 Å². The number of aliphatic hydroxyl groups excluding tert-OH is 1. The minimum Gasteiger partial charge on any atom is -0.444 e. The lowest BCUT2D eigenvalue weighted by molar-refractivity contribution is 0.0404. The van der Waals surface area contributed by atoms with Crippen LogP contribution in [0.2, 0.25) is 0 Å². The Balaban J connectivity index is 1.84. The molecule has 0 aliphatic carbocycles. The summed E-state index contributed by atoms with van der Waals surface area (Å²) in [6, 6.07) is 19.1. The number of carbonyl (C=O) groups excluding carboxylic acids is 2. The van der Waals surface area contributed by atoms with Crippen LogP contribution in [0.15, 0.2) is 66.9 Å². The molecule has 1 amide bonds. The van der Waals surface area contributed by atoms with Crippen molar-refractivity contribution in [2.24, 2.45) is 0 Å².